The summed E-state index contributed by atoms with van der Waals surface area (Å²) >= 11 is 0. The lowest BCUT2D eigenvalue weighted by Gasteiger charge is -2.05. The van der Waals surface area contributed by atoms with E-state index in [0.29, 0.717) is 0 Å². The van der Waals surface area contributed by atoms with Gasteiger partial charge in [0.15, 0.2) is 0 Å². The first-order valence-electron chi connectivity index (χ1n) is 6.86. The van der Waals surface area contributed by atoms with Crippen molar-refractivity contribution in [3.63, 3.8) is 0 Å². The van der Waals surface area contributed by atoms with Crippen LogP contribution >= 0.6 is 0 Å². The van der Waals surface area contributed by atoms with Crippen molar-refractivity contribution in [2.45, 2.75) is 74.3 Å². The fraction of sp³-hybridized carbons (Fsp3) is 0.929. The molecule has 0 bridgehead atoms. The first-order chi connectivity index (χ1) is 8.35. The van der Waals surface area contributed by atoms with Gasteiger partial charge in [-0.25, -0.2) is 0 Å². The molecule has 1 saturated heterocycles. The monoisotopic (exact) mass is 266 g/mol. The molecular formula is C14H38N2O2. The third-order valence-electron chi connectivity index (χ3n) is 1.68. The second-order valence-corrected chi connectivity index (χ2v) is 2.48. The molecule has 1 heterocycles. The van der Waals surface area contributed by atoms with Gasteiger partial charge in [0.1, 0.15) is 0 Å². The van der Waals surface area contributed by atoms with Gasteiger partial charge in [0.25, 0.3) is 6.47 Å². The average Bonchev–Trinajstić information content (AvgIpc) is 2.91. The van der Waals surface area contributed by atoms with Crippen LogP contribution in [0.15, 0.2) is 0 Å². The summed E-state index contributed by atoms with van der Waals surface area (Å²) in [4.78, 5) is 8.36. The molecule has 1 rings (SSSR count). The average molecular weight is 266 g/mol. The molecule has 1 fully saturated rings. The molecule has 0 spiro atoms. The minimum atomic E-state index is -0.250. The van der Waals surface area contributed by atoms with Crippen LogP contribution in [0, 0.1) is 0 Å². The minimum Gasteiger partial charge on any atom is -0.483 e. The first-order valence-corrected chi connectivity index (χ1v) is 6.86. The van der Waals surface area contributed by atoms with E-state index in [1.165, 1.54) is 19.4 Å². The van der Waals surface area contributed by atoms with Gasteiger partial charge >= 0.3 is 0 Å². The normalized spacial score (nSPS) is 14.5. The Morgan fingerprint density at radius 1 is 1.22 bits per heavy atom. The van der Waals surface area contributed by atoms with Crippen LogP contribution in [0.5, 0.6) is 0 Å². The van der Waals surface area contributed by atoms with Crippen molar-refractivity contribution in [1.29, 1.82) is 0 Å². The molecule has 0 aliphatic carbocycles. The molecule has 1 unspecified atom stereocenters. The van der Waals surface area contributed by atoms with Crippen molar-refractivity contribution in [2.24, 2.45) is 5.73 Å². The number of nitrogens with two attached hydrogens (primary N) is 1. The van der Waals surface area contributed by atoms with Gasteiger partial charge in [-0.15, -0.1) is 0 Å². The molecule has 18 heavy (non-hydrogen) atoms. The smallest absolute Gasteiger partial charge is 0.290 e. The van der Waals surface area contributed by atoms with Crippen LogP contribution in [0.3, 0.4) is 0 Å². The minimum absolute atomic E-state index is 0. The second-order valence-electron chi connectivity index (χ2n) is 2.48. The van der Waals surface area contributed by atoms with Crippen molar-refractivity contribution in [3.8, 4) is 0 Å². The molecule has 4 nitrogen and oxygen atoms in total. The first kappa shape index (κ1) is 30.4. The van der Waals surface area contributed by atoms with Gasteiger partial charge in [-0.05, 0) is 32.4 Å². The number of rotatable bonds is 2. The van der Waals surface area contributed by atoms with E-state index < -0.39 is 0 Å². The number of hydrogen-bond acceptors (Lipinski definition) is 3. The zero-order valence-corrected chi connectivity index (χ0v) is 12.6. The van der Waals surface area contributed by atoms with Crippen LogP contribution in [-0.4, -0.2) is 30.7 Å². The van der Waals surface area contributed by atoms with E-state index in [-0.39, 0.29) is 13.9 Å². The highest BCUT2D eigenvalue weighted by Gasteiger charge is 2.11. The van der Waals surface area contributed by atoms with E-state index in [1.54, 1.807) is 0 Å². The van der Waals surface area contributed by atoms with E-state index >= 15 is 0 Å². The lowest BCUT2D eigenvalue weighted by Crippen LogP contribution is -2.24. The molecule has 1 atom stereocenters. The van der Waals surface area contributed by atoms with Crippen molar-refractivity contribution >= 4 is 6.47 Å². The van der Waals surface area contributed by atoms with Crippen LogP contribution in [0.2, 0.25) is 0 Å². The SMILES string of the molecule is C.CC.CC.CC.NCCC1CCCN1.O=CO. The molecule has 1 aliphatic rings. The summed E-state index contributed by atoms with van der Waals surface area (Å²) in [6.07, 6.45) is 3.82. The van der Waals surface area contributed by atoms with Gasteiger partial charge in [-0.1, -0.05) is 49.0 Å². The van der Waals surface area contributed by atoms with E-state index in [9.17, 15) is 0 Å². The fourth-order valence-corrected chi connectivity index (χ4v) is 1.20. The van der Waals surface area contributed by atoms with E-state index in [4.69, 9.17) is 15.6 Å². The van der Waals surface area contributed by atoms with Crippen molar-refractivity contribution < 1.29 is 9.90 Å². The van der Waals surface area contributed by atoms with Crippen LogP contribution in [0.4, 0.5) is 0 Å². The van der Waals surface area contributed by atoms with Gasteiger partial charge in [-0.3, -0.25) is 4.79 Å². The lowest BCUT2D eigenvalue weighted by molar-refractivity contribution is -0.122. The molecule has 116 valence electrons. The number of carboxylic acid groups (broad SMARTS) is 1. The summed E-state index contributed by atoms with van der Waals surface area (Å²) in [5, 5.41) is 10.3. The predicted octanol–water partition coefficient (Wildman–Crippen LogP) is 3.50. The third kappa shape index (κ3) is 36.1. The molecule has 4 heteroatoms. The zero-order chi connectivity index (χ0) is 14.5. The van der Waals surface area contributed by atoms with Crippen LogP contribution in [0.25, 0.3) is 0 Å². The van der Waals surface area contributed by atoms with Gasteiger partial charge in [0.2, 0.25) is 0 Å². The highest BCUT2D eigenvalue weighted by Crippen LogP contribution is 2.06. The molecule has 0 radical (unpaired) electrons. The Bertz CT molecular complexity index is 95.8. The van der Waals surface area contributed by atoms with Gasteiger partial charge in [0.05, 0.1) is 0 Å². The van der Waals surface area contributed by atoms with Gasteiger partial charge in [0, 0.05) is 6.04 Å². The topological polar surface area (TPSA) is 75.3 Å². The third-order valence-corrected chi connectivity index (χ3v) is 1.68. The Kier molecular flexibility index (Phi) is 74.4. The molecule has 0 amide bonds. The van der Waals surface area contributed by atoms with E-state index in [0.717, 1.165) is 19.0 Å². The summed E-state index contributed by atoms with van der Waals surface area (Å²) in [5.41, 5.74) is 5.37. The largest absolute Gasteiger partial charge is 0.483 e. The Morgan fingerprint density at radius 3 is 1.83 bits per heavy atom. The molecule has 0 saturated carbocycles. The molecule has 1 aliphatic heterocycles. The Morgan fingerprint density at radius 2 is 1.61 bits per heavy atom. The number of nitrogens with one attached hydrogen (secondary N) is 1. The quantitative estimate of drug-likeness (QED) is 0.669. The molecule has 4 N–H and O–H groups in total. The standard InChI is InChI=1S/C6H14N2.3C2H6.CH2O2.CH4/c7-4-3-6-2-1-5-8-6;3*1-2;2-1-3;/h6,8H,1-5,7H2;3*1-2H3;1H,(H,2,3);1H4. The van der Waals surface area contributed by atoms with Crippen molar-refractivity contribution in [1.82, 2.24) is 5.32 Å². The maximum absolute atomic E-state index is 8.36. The number of carbonyl (C=O) groups is 1. The molecule has 0 aromatic heterocycles. The highest BCUT2D eigenvalue weighted by atomic mass is 16.3. The summed E-state index contributed by atoms with van der Waals surface area (Å²) in [7, 11) is 0. The summed E-state index contributed by atoms with van der Waals surface area (Å²) in [6.45, 7) is 13.8. The van der Waals surface area contributed by atoms with Crippen molar-refractivity contribution in [2.75, 3.05) is 13.1 Å². The maximum atomic E-state index is 8.36. The maximum Gasteiger partial charge on any atom is 0.290 e. The second kappa shape index (κ2) is 44.0. The Labute approximate surface area is 115 Å². The van der Waals surface area contributed by atoms with Crippen LogP contribution in [0.1, 0.15) is 68.2 Å². The zero-order valence-electron chi connectivity index (χ0n) is 12.6. The Balaban J connectivity index is -0.0000000486. The Hall–Kier alpha value is -0.610. The fourth-order valence-electron chi connectivity index (χ4n) is 1.20. The van der Waals surface area contributed by atoms with Crippen molar-refractivity contribution in [3.05, 3.63) is 0 Å². The van der Waals surface area contributed by atoms with Crippen LogP contribution in [-0.2, 0) is 4.79 Å². The van der Waals surface area contributed by atoms with Gasteiger partial charge in [-0.2, -0.15) is 0 Å². The summed E-state index contributed by atoms with van der Waals surface area (Å²) in [6, 6.07) is 0.736. The molecule has 0 aromatic rings. The van der Waals surface area contributed by atoms with Crippen LogP contribution < -0.4 is 11.1 Å². The predicted molar refractivity (Wildman–Crippen MR) is 84.2 cm³/mol. The van der Waals surface area contributed by atoms with E-state index in [1.807, 2.05) is 41.5 Å². The highest BCUT2D eigenvalue weighted by molar-refractivity contribution is 5.32. The molecule has 0 aromatic carbocycles. The number of hydrogen-bond donors (Lipinski definition) is 3. The lowest BCUT2D eigenvalue weighted by atomic mass is 10.2. The van der Waals surface area contributed by atoms with E-state index in [2.05, 4.69) is 5.32 Å². The summed E-state index contributed by atoms with van der Waals surface area (Å²) < 4.78 is 0. The van der Waals surface area contributed by atoms with Gasteiger partial charge < -0.3 is 16.2 Å². The summed E-state index contributed by atoms with van der Waals surface area (Å²) in [5.74, 6) is 0. The molecular weight excluding hydrogens is 228 g/mol.